The molecule has 90 valence electrons. The summed E-state index contributed by atoms with van der Waals surface area (Å²) in [5.41, 5.74) is -0.340. The number of hydrogen-bond donors (Lipinski definition) is 0. The van der Waals surface area contributed by atoms with Gasteiger partial charge in [-0.2, -0.15) is 0 Å². The summed E-state index contributed by atoms with van der Waals surface area (Å²) in [5.74, 6) is -0.112. The Labute approximate surface area is 97.1 Å². The second-order valence-electron chi connectivity index (χ2n) is 4.27. The van der Waals surface area contributed by atoms with Crippen LogP contribution in [0.5, 0.6) is 0 Å². The molecule has 0 radical (unpaired) electrons. The molecule has 0 amide bonds. The first-order valence-electron chi connectivity index (χ1n) is 5.70. The summed E-state index contributed by atoms with van der Waals surface area (Å²) in [5, 5.41) is 0. The molecule has 0 saturated carbocycles. The second kappa shape index (κ2) is 6.48. The molecule has 3 heteroatoms. The first-order valence-corrected chi connectivity index (χ1v) is 5.70. The molecule has 0 heterocycles. The Kier molecular flexibility index (Phi) is 5.26. The molecule has 0 aromatic rings. The van der Waals surface area contributed by atoms with Crippen LogP contribution < -0.4 is 0 Å². The molecule has 1 unspecified atom stereocenters. The van der Waals surface area contributed by atoms with E-state index in [1.54, 1.807) is 6.08 Å². The lowest BCUT2D eigenvalue weighted by atomic mass is 9.79. The zero-order chi connectivity index (χ0) is 11.9. The SMILES string of the molecule is C=CCOCCOC(=O)C1(C)CC=CCC1. The summed E-state index contributed by atoms with van der Waals surface area (Å²) in [6.45, 7) is 6.76. The van der Waals surface area contributed by atoms with E-state index in [1.807, 2.05) is 6.92 Å². The molecule has 0 spiro atoms. The average molecular weight is 224 g/mol. The van der Waals surface area contributed by atoms with E-state index in [9.17, 15) is 4.79 Å². The smallest absolute Gasteiger partial charge is 0.312 e. The van der Waals surface area contributed by atoms with Gasteiger partial charge in [-0.25, -0.2) is 0 Å². The van der Waals surface area contributed by atoms with Crippen LogP contribution in [0.4, 0.5) is 0 Å². The van der Waals surface area contributed by atoms with Gasteiger partial charge in [0.05, 0.1) is 18.6 Å². The predicted octanol–water partition coefficient (Wildman–Crippen LogP) is 2.48. The van der Waals surface area contributed by atoms with Crippen molar-refractivity contribution in [3.63, 3.8) is 0 Å². The lowest BCUT2D eigenvalue weighted by Gasteiger charge is -2.28. The van der Waals surface area contributed by atoms with Gasteiger partial charge in [0.1, 0.15) is 6.61 Å². The number of carbonyl (C=O) groups excluding carboxylic acids is 1. The van der Waals surface area contributed by atoms with Crippen molar-refractivity contribution in [2.75, 3.05) is 19.8 Å². The minimum atomic E-state index is -0.340. The summed E-state index contributed by atoms with van der Waals surface area (Å²) in [6.07, 6.45) is 8.45. The summed E-state index contributed by atoms with van der Waals surface area (Å²) in [6, 6.07) is 0. The van der Waals surface area contributed by atoms with Crippen molar-refractivity contribution < 1.29 is 14.3 Å². The number of esters is 1. The van der Waals surface area contributed by atoms with Crippen molar-refractivity contribution in [1.82, 2.24) is 0 Å². The Morgan fingerprint density at radius 1 is 1.50 bits per heavy atom. The van der Waals surface area contributed by atoms with Gasteiger partial charge in [-0.3, -0.25) is 4.79 Å². The number of rotatable bonds is 6. The van der Waals surface area contributed by atoms with Crippen LogP contribution in [0.3, 0.4) is 0 Å². The van der Waals surface area contributed by atoms with Crippen LogP contribution in [0.1, 0.15) is 26.2 Å². The lowest BCUT2D eigenvalue weighted by molar-refractivity contribution is -0.156. The Bertz CT molecular complexity index is 270. The quantitative estimate of drug-likeness (QED) is 0.395. The molecular formula is C13H20O3. The van der Waals surface area contributed by atoms with Gasteiger partial charge in [0, 0.05) is 0 Å². The number of ether oxygens (including phenoxy) is 2. The maximum absolute atomic E-state index is 11.8. The standard InChI is InChI=1S/C13H20O3/c1-3-9-15-10-11-16-12(14)13(2)7-5-4-6-8-13/h3-5H,1,6-11H2,2H3. The summed E-state index contributed by atoms with van der Waals surface area (Å²) < 4.78 is 10.3. The first kappa shape index (κ1) is 13.0. The van der Waals surface area contributed by atoms with E-state index < -0.39 is 0 Å². The van der Waals surface area contributed by atoms with E-state index in [0.717, 1.165) is 19.3 Å². The highest BCUT2D eigenvalue weighted by atomic mass is 16.6. The van der Waals surface area contributed by atoms with Gasteiger partial charge in [0.2, 0.25) is 0 Å². The Hall–Kier alpha value is -1.09. The minimum Gasteiger partial charge on any atom is -0.463 e. The first-order chi connectivity index (χ1) is 7.69. The van der Waals surface area contributed by atoms with Crippen molar-refractivity contribution in [3.8, 4) is 0 Å². The largest absolute Gasteiger partial charge is 0.463 e. The maximum Gasteiger partial charge on any atom is 0.312 e. The molecule has 1 aliphatic carbocycles. The van der Waals surface area contributed by atoms with Gasteiger partial charge in [-0.15, -0.1) is 6.58 Å². The van der Waals surface area contributed by atoms with Gasteiger partial charge in [-0.05, 0) is 26.2 Å². The van der Waals surface area contributed by atoms with Crippen LogP contribution in [0, 0.1) is 5.41 Å². The Balaban J connectivity index is 2.23. The zero-order valence-corrected chi connectivity index (χ0v) is 9.91. The topological polar surface area (TPSA) is 35.5 Å². The number of allylic oxidation sites excluding steroid dienone is 2. The summed E-state index contributed by atoms with van der Waals surface area (Å²) >= 11 is 0. The van der Waals surface area contributed by atoms with Crippen molar-refractivity contribution in [2.45, 2.75) is 26.2 Å². The van der Waals surface area contributed by atoms with E-state index in [4.69, 9.17) is 9.47 Å². The van der Waals surface area contributed by atoms with Gasteiger partial charge in [-0.1, -0.05) is 18.2 Å². The third-order valence-electron chi connectivity index (χ3n) is 2.79. The maximum atomic E-state index is 11.8. The molecule has 1 aliphatic rings. The van der Waals surface area contributed by atoms with Gasteiger partial charge >= 0.3 is 5.97 Å². The van der Waals surface area contributed by atoms with E-state index in [0.29, 0.717) is 19.8 Å². The molecule has 16 heavy (non-hydrogen) atoms. The molecule has 0 aromatic carbocycles. The van der Waals surface area contributed by atoms with Crippen molar-refractivity contribution in [3.05, 3.63) is 24.8 Å². The Morgan fingerprint density at radius 3 is 2.94 bits per heavy atom. The highest BCUT2D eigenvalue weighted by Crippen LogP contribution is 2.33. The van der Waals surface area contributed by atoms with E-state index >= 15 is 0 Å². The van der Waals surface area contributed by atoms with Gasteiger partial charge < -0.3 is 9.47 Å². The molecule has 0 aliphatic heterocycles. The van der Waals surface area contributed by atoms with E-state index in [2.05, 4.69) is 18.7 Å². The van der Waals surface area contributed by atoms with Crippen LogP contribution in [-0.4, -0.2) is 25.8 Å². The monoisotopic (exact) mass is 224 g/mol. The average Bonchev–Trinajstić information content (AvgIpc) is 2.29. The van der Waals surface area contributed by atoms with E-state index in [-0.39, 0.29) is 11.4 Å². The molecule has 3 nitrogen and oxygen atoms in total. The predicted molar refractivity (Wildman–Crippen MR) is 63.1 cm³/mol. The molecule has 0 saturated heterocycles. The van der Waals surface area contributed by atoms with Crippen molar-refractivity contribution in [1.29, 1.82) is 0 Å². The normalized spacial score (nSPS) is 24.1. The van der Waals surface area contributed by atoms with Gasteiger partial charge in [0.25, 0.3) is 0 Å². The molecule has 0 N–H and O–H groups in total. The lowest BCUT2D eigenvalue weighted by Crippen LogP contribution is -2.31. The van der Waals surface area contributed by atoms with E-state index in [1.165, 1.54) is 0 Å². The zero-order valence-electron chi connectivity index (χ0n) is 9.91. The number of carbonyl (C=O) groups is 1. The fourth-order valence-electron chi connectivity index (χ4n) is 1.68. The Morgan fingerprint density at radius 2 is 2.31 bits per heavy atom. The molecule has 0 aromatic heterocycles. The summed E-state index contributed by atoms with van der Waals surface area (Å²) in [7, 11) is 0. The van der Waals surface area contributed by atoms with Crippen LogP contribution in [0.2, 0.25) is 0 Å². The highest BCUT2D eigenvalue weighted by Gasteiger charge is 2.34. The third-order valence-corrected chi connectivity index (χ3v) is 2.79. The number of hydrogen-bond acceptors (Lipinski definition) is 3. The molecule has 0 fully saturated rings. The van der Waals surface area contributed by atoms with Crippen molar-refractivity contribution in [2.24, 2.45) is 5.41 Å². The molecule has 1 atom stereocenters. The van der Waals surface area contributed by atoms with Crippen LogP contribution in [-0.2, 0) is 14.3 Å². The minimum absolute atomic E-state index is 0.112. The van der Waals surface area contributed by atoms with Crippen LogP contribution >= 0.6 is 0 Å². The van der Waals surface area contributed by atoms with Crippen LogP contribution in [0.25, 0.3) is 0 Å². The van der Waals surface area contributed by atoms with Gasteiger partial charge in [0.15, 0.2) is 0 Å². The summed E-state index contributed by atoms with van der Waals surface area (Å²) in [4.78, 5) is 11.8. The highest BCUT2D eigenvalue weighted by molar-refractivity contribution is 5.76. The fraction of sp³-hybridized carbons (Fsp3) is 0.615. The molecular weight excluding hydrogens is 204 g/mol. The van der Waals surface area contributed by atoms with Crippen LogP contribution in [0.15, 0.2) is 24.8 Å². The van der Waals surface area contributed by atoms with Crippen molar-refractivity contribution >= 4 is 5.97 Å². The fourth-order valence-corrected chi connectivity index (χ4v) is 1.68. The second-order valence-corrected chi connectivity index (χ2v) is 4.27. The third kappa shape index (κ3) is 3.81. The molecule has 1 rings (SSSR count). The molecule has 0 bridgehead atoms.